The number of benzene rings is 1. The number of rotatable bonds is 5. The molecule has 0 aromatic heterocycles. The second-order valence-corrected chi connectivity index (χ2v) is 6.89. The molecule has 0 heterocycles. The van der Waals surface area contributed by atoms with E-state index in [1.54, 1.807) is 11.9 Å². The van der Waals surface area contributed by atoms with Gasteiger partial charge in [-0.25, -0.2) is 0 Å². The van der Waals surface area contributed by atoms with Gasteiger partial charge in [0.15, 0.2) is 0 Å². The molecule has 2 saturated carbocycles. The Labute approximate surface area is 149 Å². The molecule has 0 spiro atoms. The van der Waals surface area contributed by atoms with Crippen LogP contribution in [0, 0.1) is 17.8 Å². The van der Waals surface area contributed by atoms with Crippen molar-refractivity contribution in [1.29, 1.82) is 0 Å². The Bertz CT molecular complexity index is 579. The maximum absolute atomic E-state index is 12.4. The summed E-state index contributed by atoms with van der Waals surface area (Å²) >= 11 is 0. The summed E-state index contributed by atoms with van der Waals surface area (Å²) in [6.45, 7) is 0.589. The quantitative estimate of drug-likeness (QED) is 0.845. The number of hydrogen-bond donors (Lipinski definition) is 2. The van der Waals surface area contributed by atoms with Gasteiger partial charge in [0, 0.05) is 19.6 Å². The van der Waals surface area contributed by atoms with Crippen LogP contribution in [0.15, 0.2) is 30.3 Å². The summed E-state index contributed by atoms with van der Waals surface area (Å²) < 4.78 is 0. The van der Waals surface area contributed by atoms with E-state index in [1.807, 2.05) is 30.3 Å². The van der Waals surface area contributed by atoms with Gasteiger partial charge in [-0.05, 0) is 36.7 Å². The lowest BCUT2D eigenvalue weighted by Crippen LogP contribution is -2.47. The maximum Gasteiger partial charge on any atom is 0.242 e. The van der Waals surface area contributed by atoms with Crippen molar-refractivity contribution in [3.63, 3.8) is 0 Å². The second kappa shape index (κ2) is 7.99. The van der Waals surface area contributed by atoms with Gasteiger partial charge in [0.2, 0.25) is 11.8 Å². The first-order valence-electron chi connectivity index (χ1n) is 8.37. The van der Waals surface area contributed by atoms with Crippen molar-refractivity contribution in [2.45, 2.75) is 31.8 Å². The molecule has 1 aromatic carbocycles. The Morgan fingerprint density at radius 2 is 1.88 bits per heavy atom. The third-order valence-corrected chi connectivity index (χ3v) is 5.39. The highest BCUT2D eigenvalue weighted by Crippen LogP contribution is 2.47. The Kier molecular flexibility index (Phi) is 6.24. The molecule has 4 unspecified atom stereocenters. The predicted molar refractivity (Wildman–Crippen MR) is 95.5 cm³/mol. The summed E-state index contributed by atoms with van der Waals surface area (Å²) in [5, 5.41) is 2.80. The smallest absolute Gasteiger partial charge is 0.242 e. The fraction of sp³-hybridized carbons (Fsp3) is 0.556. The Hall–Kier alpha value is -1.59. The van der Waals surface area contributed by atoms with E-state index in [-0.39, 0.29) is 42.7 Å². The zero-order valence-electron chi connectivity index (χ0n) is 14.0. The third-order valence-electron chi connectivity index (χ3n) is 5.39. The zero-order valence-corrected chi connectivity index (χ0v) is 14.8. The largest absolute Gasteiger partial charge is 0.347 e. The number of halogens is 1. The Morgan fingerprint density at radius 1 is 1.21 bits per heavy atom. The molecule has 0 aliphatic heterocycles. The second-order valence-electron chi connectivity index (χ2n) is 6.89. The van der Waals surface area contributed by atoms with Crippen molar-refractivity contribution in [3.8, 4) is 0 Å². The SMILES string of the molecule is CN(Cc1ccccc1)C(=O)CNC(=O)C1C2CCC(C2)C1N.Cl. The fourth-order valence-corrected chi connectivity index (χ4v) is 4.09. The van der Waals surface area contributed by atoms with Gasteiger partial charge in [0.25, 0.3) is 0 Å². The average molecular weight is 352 g/mol. The highest BCUT2D eigenvalue weighted by Gasteiger charge is 2.49. The highest BCUT2D eigenvalue weighted by molar-refractivity contribution is 5.86. The molecule has 2 aliphatic carbocycles. The number of nitrogens with one attached hydrogen (secondary N) is 1. The summed E-state index contributed by atoms with van der Waals surface area (Å²) in [5.74, 6) is 0.658. The minimum Gasteiger partial charge on any atom is -0.347 e. The molecule has 2 aliphatic rings. The van der Waals surface area contributed by atoms with Gasteiger partial charge in [-0.1, -0.05) is 30.3 Å². The summed E-state index contributed by atoms with van der Waals surface area (Å²) in [4.78, 5) is 26.2. The number of hydrogen-bond acceptors (Lipinski definition) is 3. The molecule has 1 aromatic rings. The average Bonchev–Trinajstić information content (AvgIpc) is 3.14. The van der Waals surface area contributed by atoms with Gasteiger partial charge in [-0.2, -0.15) is 0 Å². The first-order valence-corrected chi connectivity index (χ1v) is 8.37. The highest BCUT2D eigenvalue weighted by atomic mass is 35.5. The van der Waals surface area contributed by atoms with E-state index < -0.39 is 0 Å². The molecule has 2 bridgehead atoms. The molecule has 132 valence electrons. The molecular weight excluding hydrogens is 326 g/mol. The van der Waals surface area contributed by atoms with Crippen LogP contribution >= 0.6 is 12.4 Å². The van der Waals surface area contributed by atoms with Gasteiger partial charge < -0.3 is 16.0 Å². The molecule has 0 saturated heterocycles. The molecule has 3 rings (SSSR count). The number of likely N-dealkylation sites (N-methyl/N-ethyl adjacent to an activating group) is 1. The van der Waals surface area contributed by atoms with Crippen LogP contribution < -0.4 is 11.1 Å². The lowest BCUT2D eigenvalue weighted by Gasteiger charge is -2.27. The van der Waals surface area contributed by atoms with Crippen LogP contribution in [0.5, 0.6) is 0 Å². The van der Waals surface area contributed by atoms with Gasteiger partial charge in [-0.3, -0.25) is 9.59 Å². The van der Waals surface area contributed by atoms with Crippen LogP contribution in [0.25, 0.3) is 0 Å². The van der Waals surface area contributed by atoms with Crippen LogP contribution in [0.4, 0.5) is 0 Å². The number of amides is 2. The summed E-state index contributed by atoms with van der Waals surface area (Å²) in [6.07, 6.45) is 3.31. The monoisotopic (exact) mass is 351 g/mol. The maximum atomic E-state index is 12.4. The van der Waals surface area contributed by atoms with E-state index in [0.29, 0.717) is 18.4 Å². The minimum atomic E-state index is -0.110. The van der Waals surface area contributed by atoms with Crippen LogP contribution in [0.2, 0.25) is 0 Å². The molecular formula is C18H26ClN3O2. The standard InChI is InChI=1S/C18H25N3O2.ClH/c1-21(11-12-5-3-2-4-6-12)15(22)10-20-18(23)16-13-7-8-14(9-13)17(16)19;/h2-6,13-14,16-17H,7-11,19H2,1H3,(H,20,23);1H. The number of fused-ring (bicyclic) bond motifs is 2. The van der Waals surface area contributed by atoms with Crippen molar-refractivity contribution in [3.05, 3.63) is 35.9 Å². The van der Waals surface area contributed by atoms with Crippen molar-refractivity contribution in [2.24, 2.45) is 23.5 Å². The van der Waals surface area contributed by atoms with Gasteiger partial charge in [-0.15, -0.1) is 12.4 Å². The normalized spacial score (nSPS) is 27.4. The summed E-state index contributed by atoms with van der Waals surface area (Å²) in [5.41, 5.74) is 7.25. The zero-order chi connectivity index (χ0) is 16.4. The van der Waals surface area contributed by atoms with E-state index in [2.05, 4.69) is 5.32 Å². The van der Waals surface area contributed by atoms with Crippen LogP contribution in [0.1, 0.15) is 24.8 Å². The molecule has 5 nitrogen and oxygen atoms in total. The minimum absolute atomic E-state index is 0. The van der Waals surface area contributed by atoms with Gasteiger partial charge in [0.1, 0.15) is 0 Å². The van der Waals surface area contributed by atoms with Crippen LogP contribution in [0.3, 0.4) is 0 Å². The first-order chi connectivity index (χ1) is 11.1. The van der Waals surface area contributed by atoms with Gasteiger partial charge in [0.05, 0.1) is 12.5 Å². The Morgan fingerprint density at radius 3 is 2.50 bits per heavy atom. The topological polar surface area (TPSA) is 75.4 Å². The molecule has 2 amide bonds. The van der Waals surface area contributed by atoms with E-state index >= 15 is 0 Å². The number of nitrogens with two attached hydrogens (primary N) is 1. The number of carbonyl (C=O) groups is 2. The first kappa shape index (κ1) is 18.7. The Balaban J connectivity index is 0.00000208. The third kappa shape index (κ3) is 3.90. The predicted octanol–water partition coefficient (Wildman–Crippen LogP) is 1.56. The summed E-state index contributed by atoms with van der Waals surface area (Å²) in [6, 6.07) is 9.78. The van der Waals surface area contributed by atoms with E-state index in [1.165, 1.54) is 0 Å². The number of nitrogens with zero attached hydrogens (tertiary/aromatic N) is 1. The molecule has 3 N–H and O–H groups in total. The van der Waals surface area contributed by atoms with Crippen molar-refractivity contribution in [1.82, 2.24) is 10.2 Å². The van der Waals surface area contributed by atoms with Crippen molar-refractivity contribution in [2.75, 3.05) is 13.6 Å². The van der Waals surface area contributed by atoms with E-state index in [4.69, 9.17) is 5.73 Å². The number of carbonyl (C=O) groups excluding carboxylic acids is 2. The molecule has 0 radical (unpaired) electrons. The summed E-state index contributed by atoms with van der Waals surface area (Å²) in [7, 11) is 1.75. The van der Waals surface area contributed by atoms with Crippen LogP contribution in [-0.2, 0) is 16.1 Å². The lowest BCUT2D eigenvalue weighted by atomic mass is 9.84. The molecule has 6 heteroatoms. The molecule has 4 atom stereocenters. The van der Waals surface area contributed by atoms with Gasteiger partial charge >= 0.3 is 0 Å². The van der Waals surface area contributed by atoms with E-state index in [9.17, 15) is 9.59 Å². The molecule has 24 heavy (non-hydrogen) atoms. The molecule has 2 fully saturated rings. The lowest BCUT2D eigenvalue weighted by molar-refractivity contribution is -0.134. The van der Waals surface area contributed by atoms with Crippen LogP contribution in [-0.4, -0.2) is 36.3 Å². The van der Waals surface area contributed by atoms with E-state index in [0.717, 1.165) is 24.8 Å². The van der Waals surface area contributed by atoms with Crippen molar-refractivity contribution >= 4 is 24.2 Å². The van der Waals surface area contributed by atoms with Crippen molar-refractivity contribution < 1.29 is 9.59 Å². The fourth-order valence-electron chi connectivity index (χ4n) is 4.09.